The van der Waals surface area contributed by atoms with E-state index in [4.69, 9.17) is 0 Å². The Morgan fingerprint density at radius 3 is 2.72 bits per heavy atom. The summed E-state index contributed by atoms with van der Waals surface area (Å²) in [6.45, 7) is 10.1. The molecule has 0 fully saturated rings. The summed E-state index contributed by atoms with van der Waals surface area (Å²) in [6.07, 6.45) is 4.05. The zero-order chi connectivity index (χ0) is 13.5. The lowest BCUT2D eigenvalue weighted by atomic mass is 9.99. The molecule has 1 aromatic rings. The Balaban J connectivity index is 2.78. The first-order valence-electron chi connectivity index (χ1n) is 6.86. The smallest absolute Gasteiger partial charge is 0.312 e. The van der Waals surface area contributed by atoms with Crippen molar-refractivity contribution in [2.75, 3.05) is 6.54 Å². The molecule has 0 spiro atoms. The molecule has 0 saturated heterocycles. The minimum atomic E-state index is -0.151. The normalized spacial score (nSPS) is 14.4. The summed E-state index contributed by atoms with van der Waals surface area (Å²) >= 11 is 0. The average Bonchev–Trinajstić information content (AvgIpc) is 2.36. The van der Waals surface area contributed by atoms with E-state index in [1.54, 1.807) is 4.57 Å². The summed E-state index contributed by atoms with van der Waals surface area (Å²) in [7, 11) is 0. The number of nitrogens with one attached hydrogen (secondary N) is 1. The monoisotopic (exact) mass is 251 g/mol. The lowest BCUT2D eigenvalue weighted by molar-refractivity contribution is 0.325. The Bertz CT molecular complexity index is 414. The first kappa shape index (κ1) is 14.9. The molecule has 0 saturated carbocycles. The second-order valence-corrected chi connectivity index (χ2v) is 4.95. The number of hydrogen-bond acceptors (Lipinski definition) is 3. The molecule has 4 heteroatoms. The van der Waals surface area contributed by atoms with Crippen LogP contribution in [0.3, 0.4) is 0 Å². The maximum Gasteiger partial charge on any atom is 0.347 e. The van der Waals surface area contributed by atoms with Crippen LogP contribution < -0.4 is 11.0 Å². The van der Waals surface area contributed by atoms with Crippen molar-refractivity contribution < 1.29 is 0 Å². The summed E-state index contributed by atoms with van der Waals surface area (Å²) in [5.74, 6) is 0.546. The molecule has 1 rings (SSSR count). The van der Waals surface area contributed by atoms with E-state index in [1.807, 2.05) is 19.2 Å². The predicted octanol–water partition coefficient (Wildman–Crippen LogP) is 1.97. The van der Waals surface area contributed by atoms with Gasteiger partial charge in [0.2, 0.25) is 0 Å². The topological polar surface area (TPSA) is 46.9 Å². The van der Waals surface area contributed by atoms with Crippen LogP contribution in [-0.4, -0.2) is 22.1 Å². The molecule has 1 N–H and O–H groups in total. The fourth-order valence-corrected chi connectivity index (χ4v) is 1.92. The van der Waals surface area contributed by atoms with E-state index in [0.717, 1.165) is 25.1 Å². The molecule has 0 aromatic carbocycles. The number of hydrogen-bond donors (Lipinski definition) is 1. The highest BCUT2D eigenvalue weighted by molar-refractivity contribution is 4.96. The summed E-state index contributed by atoms with van der Waals surface area (Å²) in [4.78, 5) is 15.8. The van der Waals surface area contributed by atoms with Crippen molar-refractivity contribution in [3.63, 3.8) is 0 Å². The highest BCUT2D eigenvalue weighted by Gasteiger charge is 2.16. The Morgan fingerprint density at radius 2 is 2.17 bits per heavy atom. The van der Waals surface area contributed by atoms with E-state index in [1.165, 1.54) is 0 Å². The molecule has 1 aromatic heterocycles. The van der Waals surface area contributed by atoms with Gasteiger partial charge in [-0.15, -0.1) is 0 Å². The molecule has 0 aliphatic heterocycles. The van der Waals surface area contributed by atoms with Crippen LogP contribution in [0.5, 0.6) is 0 Å². The molecule has 0 aliphatic rings. The van der Waals surface area contributed by atoms with Crippen molar-refractivity contribution in [1.82, 2.24) is 14.9 Å². The van der Waals surface area contributed by atoms with Crippen molar-refractivity contribution in [3.8, 4) is 0 Å². The van der Waals surface area contributed by atoms with Crippen LogP contribution in [0.15, 0.2) is 17.1 Å². The fraction of sp³-hybridized carbons (Fsp3) is 0.714. The van der Waals surface area contributed by atoms with Crippen LogP contribution in [0.2, 0.25) is 0 Å². The van der Waals surface area contributed by atoms with Crippen molar-refractivity contribution in [3.05, 3.63) is 28.4 Å². The van der Waals surface area contributed by atoms with Gasteiger partial charge in [-0.25, -0.2) is 4.79 Å². The van der Waals surface area contributed by atoms with Crippen LogP contribution in [0.4, 0.5) is 0 Å². The molecule has 2 unspecified atom stereocenters. The molecule has 102 valence electrons. The van der Waals surface area contributed by atoms with Gasteiger partial charge in [0.25, 0.3) is 0 Å². The van der Waals surface area contributed by atoms with Gasteiger partial charge in [0, 0.05) is 24.5 Å². The van der Waals surface area contributed by atoms with E-state index < -0.39 is 0 Å². The van der Waals surface area contributed by atoms with Gasteiger partial charge >= 0.3 is 5.69 Å². The highest BCUT2D eigenvalue weighted by Crippen LogP contribution is 2.09. The van der Waals surface area contributed by atoms with Gasteiger partial charge in [0.1, 0.15) is 0 Å². The van der Waals surface area contributed by atoms with E-state index in [9.17, 15) is 4.79 Å². The van der Waals surface area contributed by atoms with Crippen LogP contribution in [0.25, 0.3) is 0 Å². The minimum Gasteiger partial charge on any atom is -0.312 e. The van der Waals surface area contributed by atoms with Gasteiger partial charge in [-0.05, 0) is 31.9 Å². The second kappa shape index (κ2) is 7.31. The first-order chi connectivity index (χ1) is 8.58. The predicted molar refractivity (Wildman–Crippen MR) is 74.8 cm³/mol. The SMILES string of the molecule is CCCNC(Cn1ccc(C)nc1=O)C(C)CC. The van der Waals surface area contributed by atoms with E-state index >= 15 is 0 Å². The average molecular weight is 251 g/mol. The molecule has 1 heterocycles. The van der Waals surface area contributed by atoms with Gasteiger partial charge in [-0.2, -0.15) is 4.98 Å². The first-order valence-corrected chi connectivity index (χ1v) is 6.86. The zero-order valence-electron chi connectivity index (χ0n) is 11.9. The van der Waals surface area contributed by atoms with Gasteiger partial charge in [0.05, 0.1) is 0 Å². The van der Waals surface area contributed by atoms with Crippen molar-refractivity contribution >= 4 is 0 Å². The lowest BCUT2D eigenvalue weighted by Crippen LogP contribution is -2.41. The number of aryl methyl sites for hydroxylation is 1. The van der Waals surface area contributed by atoms with Crippen molar-refractivity contribution in [1.29, 1.82) is 0 Å². The minimum absolute atomic E-state index is 0.151. The maximum absolute atomic E-state index is 11.8. The van der Waals surface area contributed by atoms with Crippen molar-refractivity contribution in [2.45, 2.75) is 53.1 Å². The third-order valence-electron chi connectivity index (χ3n) is 3.39. The van der Waals surface area contributed by atoms with Gasteiger partial charge in [-0.1, -0.05) is 27.2 Å². The van der Waals surface area contributed by atoms with Crippen molar-refractivity contribution in [2.24, 2.45) is 5.92 Å². The van der Waals surface area contributed by atoms with E-state index in [0.29, 0.717) is 18.5 Å². The fourth-order valence-electron chi connectivity index (χ4n) is 1.92. The largest absolute Gasteiger partial charge is 0.347 e. The van der Waals surface area contributed by atoms with Gasteiger partial charge in [0.15, 0.2) is 0 Å². The summed E-state index contributed by atoms with van der Waals surface area (Å²) in [5.41, 5.74) is 0.624. The van der Waals surface area contributed by atoms with Crippen LogP contribution in [0.1, 0.15) is 39.3 Å². The number of aromatic nitrogens is 2. The standard InChI is InChI=1S/C14H25N3O/c1-5-8-15-13(11(3)6-2)10-17-9-7-12(4)16-14(17)18/h7,9,11,13,15H,5-6,8,10H2,1-4H3. The second-order valence-electron chi connectivity index (χ2n) is 4.95. The summed E-state index contributed by atoms with van der Waals surface area (Å²) in [5, 5.41) is 3.52. The summed E-state index contributed by atoms with van der Waals surface area (Å²) < 4.78 is 1.70. The summed E-state index contributed by atoms with van der Waals surface area (Å²) in [6, 6.07) is 2.21. The third-order valence-corrected chi connectivity index (χ3v) is 3.39. The van der Waals surface area contributed by atoms with Gasteiger partial charge < -0.3 is 5.32 Å². The molecule has 0 bridgehead atoms. The van der Waals surface area contributed by atoms with Crippen LogP contribution in [-0.2, 0) is 6.54 Å². The Morgan fingerprint density at radius 1 is 1.44 bits per heavy atom. The number of nitrogens with zero attached hydrogens (tertiary/aromatic N) is 2. The lowest BCUT2D eigenvalue weighted by Gasteiger charge is -2.25. The van der Waals surface area contributed by atoms with E-state index in [-0.39, 0.29) is 5.69 Å². The molecular weight excluding hydrogens is 226 g/mol. The maximum atomic E-state index is 11.8. The zero-order valence-corrected chi connectivity index (χ0v) is 11.9. The third kappa shape index (κ3) is 4.26. The Hall–Kier alpha value is -1.16. The molecule has 4 nitrogen and oxygen atoms in total. The quantitative estimate of drug-likeness (QED) is 0.806. The molecular formula is C14H25N3O. The highest BCUT2D eigenvalue weighted by atomic mass is 16.1. The number of rotatable bonds is 7. The molecule has 0 amide bonds. The molecule has 0 aliphatic carbocycles. The molecule has 2 atom stereocenters. The molecule has 18 heavy (non-hydrogen) atoms. The van der Waals surface area contributed by atoms with Crippen LogP contribution in [0, 0.1) is 12.8 Å². The van der Waals surface area contributed by atoms with Gasteiger partial charge in [-0.3, -0.25) is 4.57 Å². The van der Waals surface area contributed by atoms with E-state index in [2.05, 4.69) is 31.1 Å². The molecule has 0 radical (unpaired) electrons. The Labute approximate surface area is 109 Å². The van der Waals surface area contributed by atoms with Crippen LogP contribution >= 0.6 is 0 Å². The Kier molecular flexibility index (Phi) is 6.05.